The van der Waals surface area contributed by atoms with Crippen molar-refractivity contribution in [2.75, 3.05) is 85.1 Å². The van der Waals surface area contributed by atoms with Gasteiger partial charge in [0.05, 0.1) is 17.8 Å². The summed E-state index contributed by atoms with van der Waals surface area (Å²) in [6, 6.07) is 9.85. The van der Waals surface area contributed by atoms with Gasteiger partial charge in [0, 0.05) is 69.2 Å². The van der Waals surface area contributed by atoms with E-state index in [0.717, 1.165) is 57.4 Å². The largest absolute Gasteiger partial charge is 0.507 e. The second-order valence-electron chi connectivity index (χ2n) is 16.6. The standard InChI is InChI=1S/C41H63N9O5/c1-28(2)39(41(53)49-18-12-32(51)27-49)37-24-38(45-55-37)54-22-21-47-14-8-29(9-15-47)7-13-46-16-10-30(11-17-46)48-19-20-50-31(26-48)25-44-40(43)35(50)23-34(42)33-5-3-4-6-36(33)52/h3-6,23-24,28-32,39,44,51-52H,7-22,25-27,42-43H2,1-2H3/b34-23-/t31-,32+,39+/m0/s1. The van der Waals surface area contributed by atoms with Gasteiger partial charge in [-0.25, -0.2) is 0 Å². The number of hydrogen-bond acceptors (Lipinski definition) is 13. The minimum Gasteiger partial charge on any atom is -0.507 e. The fourth-order valence-corrected chi connectivity index (χ4v) is 9.29. The number of fused-ring (bicyclic) bond motifs is 1. The number of β-amino-alcohol motifs (C(OH)–C–C–N with tert-alkyl or cyclic N) is 1. The Morgan fingerprint density at radius 1 is 1.00 bits per heavy atom. The van der Waals surface area contributed by atoms with E-state index < -0.39 is 12.0 Å². The molecule has 14 heteroatoms. The van der Waals surface area contributed by atoms with Gasteiger partial charge < -0.3 is 51.0 Å². The Labute approximate surface area is 326 Å². The molecule has 2 aromatic rings. The van der Waals surface area contributed by atoms with E-state index in [-0.39, 0.29) is 17.6 Å². The number of ether oxygens (including phenoxy) is 1. The normalized spacial score (nSPS) is 24.7. The molecule has 0 spiro atoms. The number of nitrogens with one attached hydrogen (secondary N) is 1. The minimum absolute atomic E-state index is 0.0178. The second kappa shape index (κ2) is 17.9. The number of aliphatic hydroxyl groups is 1. The fraction of sp³-hybridized carbons (Fsp3) is 0.659. The number of piperazine rings is 1. The lowest BCUT2D eigenvalue weighted by Gasteiger charge is -2.49. The number of carbonyl (C=O) groups excluding carboxylic acids is 1. The molecule has 0 bridgehead atoms. The highest BCUT2D eigenvalue weighted by atomic mass is 16.5. The lowest BCUT2D eigenvalue weighted by Crippen LogP contribution is -2.61. The zero-order chi connectivity index (χ0) is 38.5. The number of phenols is 1. The van der Waals surface area contributed by atoms with Crippen LogP contribution in [0.15, 0.2) is 52.4 Å². The average molecular weight is 762 g/mol. The van der Waals surface area contributed by atoms with Crippen LogP contribution in [0.25, 0.3) is 5.70 Å². The number of amides is 1. The first-order chi connectivity index (χ1) is 26.6. The lowest BCUT2D eigenvalue weighted by atomic mass is 9.92. The van der Waals surface area contributed by atoms with Crippen LogP contribution in [0.2, 0.25) is 0 Å². The van der Waals surface area contributed by atoms with E-state index in [4.69, 9.17) is 20.7 Å². The van der Waals surface area contributed by atoms with E-state index in [9.17, 15) is 15.0 Å². The summed E-state index contributed by atoms with van der Waals surface area (Å²) in [4.78, 5) is 25.2. The number of allylic oxidation sites excluding steroid dienone is 1. The zero-order valence-electron chi connectivity index (χ0n) is 32.8. The van der Waals surface area contributed by atoms with Crippen LogP contribution in [0.1, 0.15) is 69.6 Å². The van der Waals surface area contributed by atoms with Crippen LogP contribution in [0.4, 0.5) is 0 Å². The minimum atomic E-state index is -0.448. The third kappa shape index (κ3) is 9.53. The monoisotopic (exact) mass is 761 g/mol. The van der Waals surface area contributed by atoms with E-state index >= 15 is 0 Å². The number of piperidine rings is 2. The molecular weight excluding hydrogens is 699 g/mol. The molecule has 4 fully saturated rings. The first-order valence-corrected chi connectivity index (χ1v) is 20.6. The van der Waals surface area contributed by atoms with Gasteiger partial charge in [-0.1, -0.05) is 26.0 Å². The Morgan fingerprint density at radius 2 is 1.75 bits per heavy atom. The molecule has 0 unspecified atom stereocenters. The number of benzene rings is 1. The molecule has 7 rings (SSSR count). The number of rotatable bonds is 13. The highest BCUT2D eigenvalue weighted by molar-refractivity contribution is 5.83. The number of nitrogens with zero attached hydrogens (tertiary/aromatic N) is 6. The van der Waals surface area contributed by atoms with Crippen LogP contribution < -0.4 is 21.5 Å². The predicted octanol–water partition coefficient (Wildman–Crippen LogP) is 2.38. The number of nitrogens with two attached hydrogens (primary N) is 2. The predicted molar refractivity (Wildman–Crippen MR) is 212 cm³/mol. The van der Waals surface area contributed by atoms with Crippen molar-refractivity contribution >= 4 is 11.6 Å². The molecule has 1 aromatic carbocycles. The highest BCUT2D eigenvalue weighted by Gasteiger charge is 2.37. The number of likely N-dealkylation sites (tertiary alicyclic amines) is 3. The van der Waals surface area contributed by atoms with E-state index in [1.165, 1.54) is 51.7 Å². The van der Waals surface area contributed by atoms with Crippen LogP contribution >= 0.6 is 0 Å². The molecule has 0 saturated carbocycles. The molecule has 302 valence electrons. The number of aliphatic hydroxyl groups excluding tert-OH is 1. The van der Waals surface area contributed by atoms with Crippen molar-refractivity contribution in [3.8, 4) is 11.6 Å². The summed E-state index contributed by atoms with van der Waals surface area (Å²) >= 11 is 0. The van der Waals surface area contributed by atoms with Gasteiger partial charge >= 0.3 is 0 Å². The van der Waals surface area contributed by atoms with Gasteiger partial charge in [-0.3, -0.25) is 14.6 Å². The van der Waals surface area contributed by atoms with Crippen molar-refractivity contribution in [3.05, 3.63) is 59.2 Å². The van der Waals surface area contributed by atoms with Gasteiger partial charge in [0.25, 0.3) is 5.88 Å². The van der Waals surface area contributed by atoms with Crippen LogP contribution in [0.3, 0.4) is 0 Å². The number of aromatic nitrogens is 1. The smallest absolute Gasteiger partial charge is 0.254 e. The maximum atomic E-state index is 13.2. The number of carbonyl (C=O) groups is 1. The molecule has 14 nitrogen and oxygen atoms in total. The van der Waals surface area contributed by atoms with Crippen LogP contribution in [-0.4, -0.2) is 149 Å². The Morgan fingerprint density at radius 3 is 2.47 bits per heavy atom. The molecule has 5 aliphatic heterocycles. The summed E-state index contributed by atoms with van der Waals surface area (Å²) < 4.78 is 11.6. The summed E-state index contributed by atoms with van der Waals surface area (Å²) in [6.45, 7) is 15.8. The maximum absolute atomic E-state index is 13.2. The van der Waals surface area contributed by atoms with Gasteiger partial charge in [0.1, 0.15) is 24.1 Å². The molecule has 0 radical (unpaired) electrons. The highest BCUT2D eigenvalue weighted by Crippen LogP contribution is 2.32. The van der Waals surface area contributed by atoms with Crippen molar-refractivity contribution in [1.82, 2.24) is 35.0 Å². The van der Waals surface area contributed by atoms with Crippen molar-refractivity contribution in [3.63, 3.8) is 0 Å². The van der Waals surface area contributed by atoms with E-state index in [1.807, 2.05) is 32.1 Å². The number of aromatic hydroxyl groups is 1. The van der Waals surface area contributed by atoms with E-state index in [1.54, 1.807) is 23.1 Å². The Balaban J connectivity index is 0.783. The first kappa shape index (κ1) is 39.3. The Hall–Kier alpha value is -3.98. The number of hydrogen-bond donors (Lipinski definition) is 5. The van der Waals surface area contributed by atoms with Crippen LogP contribution in [-0.2, 0) is 4.79 Å². The van der Waals surface area contributed by atoms with E-state index in [2.05, 4.69) is 30.1 Å². The summed E-state index contributed by atoms with van der Waals surface area (Å²) in [6.07, 6.45) is 8.22. The van der Waals surface area contributed by atoms with Crippen LogP contribution in [0, 0.1) is 11.8 Å². The fourth-order valence-electron chi connectivity index (χ4n) is 9.29. The number of phenolic OH excluding ortho intramolecular Hbond substituents is 1. The molecule has 5 aliphatic rings. The topological polar surface area (TPSA) is 173 Å². The molecule has 4 saturated heterocycles. The molecule has 0 aliphatic carbocycles. The third-order valence-electron chi connectivity index (χ3n) is 12.6. The van der Waals surface area contributed by atoms with Gasteiger partial charge in [-0.2, -0.15) is 0 Å². The maximum Gasteiger partial charge on any atom is 0.254 e. The molecule has 3 atom stereocenters. The summed E-state index contributed by atoms with van der Waals surface area (Å²) in [5, 5.41) is 27.7. The zero-order valence-corrected chi connectivity index (χ0v) is 32.8. The molecule has 1 aromatic heterocycles. The van der Waals surface area contributed by atoms with Gasteiger partial charge in [-0.15, -0.1) is 0 Å². The second-order valence-corrected chi connectivity index (χ2v) is 16.6. The molecule has 7 N–H and O–H groups in total. The summed E-state index contributed by atoms with van der Waals surface area (Å²) in [5.74, 6) is 2.13. The van der Waals surface area contributed by atoms with Gasteiger partial charge in [0.2, 0.25) is 5.91 Å². The van der Waals surface area contributed by atoms with Gasteiger partial charge in [0.15, 0.2) is 5.76 Å². The molecular formula is C41H63N9O5. The van der Waals surface area contributed by atoms with Crippen molar-refractivity contribution in [2.45, 2.75) is 76.5 Å². The summed E-state index contributed by atoms with van der Waals surface area (Å²) in [5.41, 5.74) is 14.9. The Bertz CT molecular complexity index is 1650. The van der Waals surface area contributed by atoms with Crippen molar-refractivity contribution in [2.24, 2.45) is 23.3 Å². The lowest BCUT2D eigenvalue weighted by molar-refractivity contribution is -0.133. The summed E-state index contributed by atoms with van der Waals surface area (Å²) in [7, 11) is 0. The van der Waals surface area contributed by atoms with Crippen molar-refractivity contribution < 1.29 is 24.3 Å². The van der Waals surface area contributed by atoms with Crippen molar-refractivity contribution in [1.29, 1.82) is 0 Å². The van der Waals surface area contributed by atoms with Crippen LogP contribution in [0.5, 0.6) is 11.6 Å². The first-order valence-electron chi connectivity index (χ1n) is 20.6. The SMILES string of the molecule is CC(C)[C@@H](C(=O)N1CC[C@@H](O)C1)c1cc(OCCN2CCC(CCN3CCC(N4CCN5C(/C=C(\N)c6ccccc6O)=C(N)NC[C@H]5C4)CC3)CC2)no1. The molecule has 1 amide bonds. The molecule has 55 heavy (non-hydrogen) atoms. The van der Waals surface area contributed by atoms with E-state index in [0.29, 0.717) is 66.9 Å². The number of para-hydroxylation sites is 1. The Kier molecular flexibility index (Phi) is 12.8. The average Bonchev–Trinajstić information content (AvgIpc) is 3.84. The molecule has 6 heterocycles. The quantitative estimate of drug-likeness (QED) is 0.202. The van der Waals surface area contributed by atoms with Gasteiger partial charge in [-0.05, 0) is 106 Å². The third-order valence-corrected chi connectivity index (χ3v) is 12.6.